The zero-order valence-corrected chi connectivity index (χ0v) is 28.1. The van der Waals surface area contributed by atoms with E-state index in [0.29, 0.717) is 0 Å². The Morgan fingerprint density at radius 1 is 0.392 bits per heavy atom. The molecule has 0 amide bonds. The van der Waals surface area contributed by atoms with Gasteiger partial charge in [-0.05, 0) is 103 Å². The summed E-state index contributed by atoms with van der Waals surface area (Å²) in [5.41, 5.74) is 14.9. The maximum atomic E-state index is 3.43. The maximum absolute atomic E-state index is 3.43. The van der Waals surface area contributed by atoms with Crippen LogP contribution in [0.4, 0.5) is 0 Å². The van der Waals surface area contributed by atoms with Crippen LogP contribution in [0, 0.1) is 0 Å². The van der Waals surface area contributed by atoms with Gasteiger partial charge in [0.15, 0.2) is 0 Å². The fraction of sp³-hybridized carbons (Fsp3) is 0.0204. The van der Waals surface area contributed by atoms with Gasteiger partial charge in [-0.2, -0.15) is 0 Å². The average molecular weight is 651 g/mol. The molecule has 0 atom stereocenters. The Morgan fingerprint density at radius 3 is 1.41 bits per heavy atom. The fourth-order valence-corrected chi connectivity index (χ4v) is 8.11. The van der Waals surface area contributed by atoms with Gasteiger partial charge in [0.2, 0.25) is 0 Å². The molecule has 0 spiro atoms. The predicted molar refractivity (Wildman–Crippen MR) is 216 cm³/mol. The normalized spacial score (nSPS) is 12.3. The molecular weight excluding hydrogens is 617 g/mol. The zero-order valence-electron chi connectivity index (χ0n) is 28.1. The van der Waals surface area contributed by atoms with Crippen LogP contribution >= 0.6 is 0 Å². The summed E-state index contributed by atoms with van der Waals surface area (Å²) in [4.78, 5) is 0. The molecule has 0 aliphatic carbocycles. The standard InChI is InChI=1S/C49H34N2/c1-3-11-36(12-4-1)48-40-15-7-9-17-42(40)49(43-18-10-8-16-41(43)48)37-25-23-34(24-26-37)33-19-21-35(22-20-33)38-27-28-46-44(31-38)45-32-50-30-29-47(45)51(46)39-13-5-2-6-14-39/h1-31,50H,32H2. The van der Waals surface area contributed by atoms with Crippen molar-refractivity contribution in [1.82, 2.24) is 9.88 Å². The Labute approximate surface area is 297 Å². The molecule has 2 heterocycles. The highest BCUT2D eigenvalue weighted by Gasteiger charge is 2.19. The van der Waals surface area contributed by atoms with Crippen LogP contribution in [0.2, 0.25) is 0 Å². The molecule has 1 aliphatic rings. The summed E-state index contributed by atoms with van der Waals surface area (Å²) < 4.78 is 2.38. The second-order valence-corrected chi connectivity index (χ2v) is 13.3. The van der Waals surface area contributed by atoms with Crippen LogP contribution < -0.4 is 5.32 Å². The first-order valence-electron chi connectivity index (χ1n) is 17.6. The zero-order chi connectivity index (χ0) is 33.7. The van der Waals surface area contributed by atoms with Crippen molar-refractivity contribution in [2.45, 2.75) is 6.54 Å². The summed E-state index contributed by atoms with van der Waals surface area (Å²) in [6.07, 6.45) is 4.25. The van der Waals surface area contributed by atoms with Gasteiger partial charge in [0, 0.05) is 23.2 Å². The fourth-order valence-electron chi connectivity index (χ4n) is 8.11. The van der Waals surface area contributed by atoms with Crippen molar-refractivity contribution in [3.63, 3.8) is 0 Å². The molecule has 8 aromatic carbocycles. The van der Waals surface area contributed by atoms with Crippen LogP contribution in [0.3, 0.4) is 0 Å². The number of hydrogen-bond donors (Lipinski definition) is 1. The van der Waals surface area contributed by atoms with Gasteiger partial charge in [0.05, 0.1) is 11.2 Å². The molecule has 10 rings (SSSR count). The minimum atomic E-state index is 0.823. The minimum absolute atomic E-state index is 0.823. The molecule has 0 unspecified atom stereocenters. The highest BCUT2D eigenvalue weighted by molar-refractivity contribution is 6.21. The molecule has 0 saturated heterocycles. The van der Waals surface area contributed by atoms with Crippen LogP contribution in [0.25, 0.3) is 88.7 Å². The molecule has 0 bridgehead atoms. The molecule has 2 nitrogen and oxygen atoms in total. The second kappa shape index (κ2) is 12.0. The number of rotatable bonds is 5. The van der Waals surface area contributed by atoms with E-state index in [1.165, 1.54) is 93.9 Å². The molecule has 0 radical (unpaired) electrons. The Hall–Kier alpha value is -6.64. The monoisotopic (exact) mass is 650 g/mol. The Kier molecular flexibility index (Phi) is 6.92. The number of nitrogens with zero attached hydrogens (tertiary/aromatic N) is 1. The van der Waals surface area contributed by atoms with Gasteiger partial charge in [-0.15, -0.1) is 0 Å². The van der Waals surface area contributed by atoms with Crippen LogP contribution in [-0.2, 0) is 6.54 Å². The van der Waals surface area contributed by atoms with E-state index in [0.717, 1.165) is 6.54 Å². The van der Waals surface area contributed by atoms with E-state index in [1.807, 2.05) is 0 Å². The molecule has 1 N–H and O–H groups in total. The lowest BCUT2D eigenvalue weighted by atomic mass is 9.86. The van der Waals surface area contributed by atoms with Gasteiger partial charge in [0.1, 0.15) is 0 Å². The average Bonchev–Trinajstić information content (AvgIpc) is 3.54. The number of hydrogen-bond acceptors (Lipinski definition) is 1. The highest BCUT2D eigenvalue weighted by Crippen LogP contribution is 2.44. The van der Waals surface area contributed by atoms with Crippen LogP contribution in [0.1, 0.15) is 11.3 Å². The molecule has 240 valence electrons. The van der Waals surface area contributed by atoms with E-state index >= 15 is 0 Å². The van der Waals surface area contributed by atoms with Crippen LogP contribution in [0.5, 0.6) is 0 Å². The second-order valence-electron chi connectivity index (χ2n) is 13.3. The smallest absolute Gasteiger partial charge is 0.0538 e. The van der Waals surface area contributed by atoms with Crippen molar-refractivity contribution in [2.75, 3.05) is 0 Å². The van der Waals surface area contributed by atoms with Gasteiger partial charge in [-0.1, -0.05) is 152 Å². The van der Waals surface area contributed by atoms with Crippen LogP contribution in [-0.4, -0.2) is 4.57 Å². The van der Waals surface area contributed by atoms with Gasteiger partial charge in [-0.3, -0.25) is 0 Å². The van der Waals surface area contributed by atoms with Gasteiger partial charge >= 0.3 is 0 Å². The molecule has 9 aromatic rings. The van der Waals surface area contributed by atoms with Gasteiger partial charge < -0.3 is 9.88 Å². The largest absolute Gasteiger partial charge is 0.387 e. The minimum Gasteiger partial charge on any atom is -0.387 e. The number of fused-ring (bicyclic) bond motifs is 5. The third-order valence-electron chi connectivity index (χ3n) is 10.5. The lowest BCUT2D eigenvalue weighted by molar-refractivity contribution is 0.855. The first-order chi connectivity index (χ1) is 25.3. The third kappa shape index (κ3) is 4.87. The SMILES string of the molecule is C1=Cc2c(c3cc(-c4ccc(-c5ccc(-c6c7ccccc7c(-c7ccccc7)c7ccccc67)cc5)cc4)ccc3n2-c2ccccc2)CN1. The van der Waals surface area contributed by atoms with Crippen molar-refractivity contribution in [2.24, 2.45) is 0 Å². The number of nitrogens with one attached hydrogen (secondary N) is 1. The molecule has 1 aromatic heterocycles. The lowest BCUT2D eigenvalue weighted by Crippen LogP contribution is -2.10. The summed E-state index contributed by atoms with van der Waals surface area (Å²) in [6, 6.07) is 64.1. The number of para-hydroxylation sites is 1. The Balaban J connectivity index is 1.01. The van der Waals surface area contributed by atoms with E-state index in [4.69, 9.17) is 0 Å². The quantitative estimate of drug-likeness (QED) is 0.183. The van der Waals surface area contributed by atoms with Crippen molar-refractivity contribution < 1.29 is 0 Å². The first kappa shape index (κ1) is 29.3. The first-order valence-corrected chi connectivity index (χ1v) is 17.6. The Morgan fingerprint density at radius 2 is 0.843 bits per heavy atom. The number of aromatic nitrogens is 1. The summed E-state index contributed by atoms with van der Waals surface area (Å²) in [7, 11) is 0. The third-order valence-corrected chi connectivity index (χ3v) is 10.5. The molecule has 1 aliphatic heterocycles. The maximum Gasteiger partial charge on any atom is 0.0538 e. The predicted octanol–water partition coefficient (Wildman–Crippen LogP) is 12.7. The van der Waals surface area contributed by atoms with Gasteiger partial charge in [0.25, 0.3) is 0 Å². The van der Waals surface area contributed by atoms with E-state index in [1.54, 1.807) is 0 Å². The van der Waals surface area contributed by atoms with E-state index in [2.05, 4.69) is 198 Å². The molecular formula is C49H34N2. The van der Waals surface area contributed by atoms with Crippen molar-refractivity contribution in [1.29, 1.82) is 0 Å². The summed E-state index contributed by atoms with van der Waals surface area (Å²) in [5, 5.41) is 9.83. The van der Waals surface area contributed by atoms with Gasteiger partial charge in [-0.25, -0.2) is 0 Å². The van der Waals surface area contributed by atoms with E-state index < -0.39 is 0 Å². The number of benzene rings is 8. The molecule has 2 heteroatoms. The van der Waals surface area contributed by atoms with Crippen LogP contribution in [0.15, 0.2) is 182 Å². The van der Waals surface area contributed by atoms with E-state index in [-0.39, 0.29) is 0 Å². The lowest BCUT2D eigenvalue weighted by Gasteiger charge is -2.18. The van der Waals surface area contributed by atoms with Crippen molar-refractivity contribution in [3.05, 3.63) is 193 Å². The summed E-state index contributed by atoms with van der Waals surface area (Å²) in [5.74, 6) is 0. The van der Waals surface area contributed by atoms with Crippen molar-refractivity contribution >= 4 is 38.5 Å². The molecule has 51 heavy (non-hydrogen) atoms. The molecule has 0 fully saturated rings. The van der Waals surface area contributed by atoms with Crippen molar-refractivity contribution in [3.8, 4) is 50.2 Å². The summed E-state index contributed by atoms with van der Waals surface area (Å²) in [6.45, 7) is 0.823. The Bertz CT molecular complexity index is 2700. The molecule has 0 saturated carbocycles. The highest BCUT2D eigenvalue weighted by atomic mass is 15.0. The van der Waals surface area contributed by atoms with E-state index in [9.17, 15) is 0 Å². The summed E-state index contributed by atoms with van der Waals surface area (Å²) >= 11 is 0. The topological polar surface area (TPSA) is 17.0 Å².